The molecule has 1 N–H and O–H groups in total. The number of benzene rings is 2. The minimum absolute atomic E-state index is 0.144. The van der Waals surface area contributed by atoms with E-state index in [4.69, 9.17) is 4.74 Å². The molecule has 3 amide bonds. The van der Waals surface area contributed by atoms with Crippen molar-refractivity contribution in [2.24, 2.45) is 5.92 Å². The second-order valence-corrected chi connectivity index (χ2v) is 8.25. The number of esters is 1. The Hall–Kier alpha value is -3.48. The number of hydrogen-bond donors (Lipinski definition) is 1. The first-order chi connectivity index (χ1) is 15.3. The van der Waals surface area contributed by atoms with E-state index in [1.165, 1.54) is 4.90 Å². The Labute approximate surface area is 187 Å². The molecule has 0 fully saturated rings. The van der Waals surface area contributed by atoms with Gasteiger partial charge in [0.05, 0.1) is 17.7 Å². The van der Waals surface area contributed by atoms with Crippen molar-refractivity contribution in [3.63, 3.8) is 0 Å². The van der Waals surface area contributed by atoms with Gasteiger partial charge in [-0.05, 0) is 49.9 Å². The zero-order valence-electron chi connectivity index (χ0n) is 18.6. The molecule has 0 saturated heterocycles. The summed E-state index contributed by atoms with van der Waals surface area (Å²) in [5.74, 6) is -1.55. The zero-order valence-corrected chi connectivity index (χ0v) is 18.6. The van der Waals surface area contributed by atoms with E-state index in [1.54, 1.807) is 42.5 Å². The number of imide groups is 1. The molecule has 1 aliphatic heterocycles. The lowest BCUT2D eigenvalue weighted by atomic mass is 10.0. The van der Waals surface area contributed by atoms with Gasteiger partial charge in [0.2, 0.25) is 0 Å². The van der Waals surface area contributed by atoms with Crippen LogP contribution in [0.1, 0.15) is 63.3 Å². The largest absolute Gasteiger partial charge is 0.464 e. The van der Waals surface area contributed by atoms with Crippen LogP contribution in [0.5, 0.6) is 0 Å². The minimum Gasteiger partial charge on any atom is -0.464 e. The van der Waals surface area contributed by atoms with E-state index in [2.05, 4.69) is 5.32 Å². The first kappa shape index (κ1) is 23.2. The van der Waals surface area contributed by atoms with Gasteiger partial charge in [-0.3, -0.25) is 19.3 Å². The molecule has 1 atom stereocenters. The predicted molar refractivity (Wildman–Crippen MR) is 119 cm³/mol. The van der Waals surface area contributed by atoms with Crippen LogP contribution in [0.4, 0.5) is 0 Å². The number of unbranched alkanes of at least 4 members (excludes halogenated alkanes) is 1. The second kappa shape index (κ2) is 10.2. The number of aryl methyl sites for hydroxylation is 1. The average Bonchev–Trinajstić information content (AvgIpc) is 3.01. The number of rotatable bonds is 9. The quantitative estimate of drug-likeness (QED) is 0.370. The highest BCUT2D eigenvalue weighted by Gasteiger charge is 2.34. The van der Waals surface area contributed by atoms with Crippen LogP contribution in [-0.2, 0) is 9.53 Å². The Bertz CT molecular complexity index is 995. The van der Waals surface area contributed by atoms with Crippen LogP contribution in [0, 0.1) is 12.8 Å². The average molecular weight is 437 g/mol. The van der Waals surface area contributed by atoms with Crippen LogP contribution >= 0.6 is 0 Å². The van der Waals surface area contributed by atoms with Crippen LogP contribution in [0.2, 0.25) is 0 Å². The van der Waals surface area contributed by atoms with Crippen molar-refractivity contribution >= 4 is 23.7 Å². The molecule has 0 radical (unpaired) electrons. The molecule has 7 nitrogen and oxygen atoms in total. The molecule has 0 spiro atoms. The number of carbonyl (C=O) groups is 4. The lowest BCUT2D eigenvalue weighted by Gasteiger charge is -2.21. The summed E-state index contributed by atoms with van der Waals surface area (Å²) in [6, 6.07) is 13.1. The number of hydrogen-bond acceptors (Lipinski definition) is 5. The third kappa shape index (κ3) is 5.22. The molecule has 1 heterocycles. The van der Waals surface area contributed by atoms with E-state index < -0.39 is 12.0 Å². The lowest BCUT2D eigenvalue weighted by molar-refractivity contribution is -0.147. The SMILES string of the molecule is Cc1cccc(C(=O)N[C@H](C(=O)OCCCCN2C(=O)c3ccccc3C2=O)C(C)C)c1. The molecule has 0 saturated carbocycles. The fourth-order valence-electron chi connectivity index (χ4n) is 3.59. The van der Waals surface area contributed by atoms with Crippen LogP contribution in [-0.4, -0.2) is 47.8 Å². The number of fused-ring (bicyclic) bond motifs is 1. The maximum Gasteiger partial charge on any atom is 0.328 e. The van der Waals surface area contributed by atoms with Crippen molar-refractivity contribution in [3.8, 4) is 0 Å². The second-order valence-electron chi connectivity index (χ2n) is 8.25. The van der Waals surface area contributed by atoms with Gasteiger partial charge in [0.15, 0.2) is 0 Å². The van der Waals surface area contributed by atoms with Crippen LogP contribution < -0.4 is 5.32 Å². The van der Waals surface area contributed by atoms with Crippen molar-refractivity contribution in [1.82, 2.24) is 10.2 Å². The number of nitrogens with zero attached hydrogens (tertiary/aromatic N) is 1. The van der Waals surface area contributed by atoms with Crippen molar-refractivity contribution < 1.29 is 23.9 Å². The minimum atomic E-state index is -0.765. The summed E-state index contributed by atoms with van der Waals surface area (Å²) in [4.78, 5) is 51.0. The van der Waals surface area contributed by atoms with Gasteiger partial charge in [0, 0.05) is 12.1 Å². The van der Waals surface area contributed by atoms with E-state index in [1.807, 2.05) is 26.8 Å². The highest BCUT2D eigenvalue weighted by atomic mass is 16.5. The number of nitrogens with one attached hydrogen (secondary N) is 1. The Kier molecular flexibility index (Phi) is 7.41. The lowest BCUT2D eigenvalue weighted by Crippen LogP contribution is -2.45. The van der Waals surface area contributed by atoms with Gasteiger partial charge >= 0.3 is 5.97 Å². The molecule has 0 aliphatic carbocycles. The van der Waals surface area contributed by atoms with E-state index in [0.29, 0.717) is 29.5 Å². The summed E-state index contributed by atoms with van der Waals surface area (Å²) >= 11 is 0. The molecule has 168 valence electrons. The summed E-state index contributed by atoms with van der Waals surface area (Å²) in [5, 5.41) is 2.76. The van der Waals surface area contributed by atoms with Gasteiger partial charge in [0.1, 0.15) is 6.04 Å². The van der Waals surface area contributed by atoms with Gasteiger partial charge in [-0.2, -0.15) is 0 Å². The molecule has 3 rings (SSSR count). The van der Waals surface area contributed by atoms with Crippen LogP contribution in [0.3, 0.4) is 0 Å². The van der Waals surface area contributed by atoms with Crippen molar-refractivity contribution in [2.45, 2.75) is 39.7 Å². The first-order valence-electron chi connectivity index (χ1n) is 10.8. The molecule has 0 bridgehead atoms. The first-order valence-corrected chi connectivity index (χ1v) is 10.8. The zero-order chi connectivity index (χ0) is 23.3. The van der Waals surface area contributed by atoms with Crippen LogP contribution in [0.25, 0.3) is 0 Å². The Morgan fingerprint density at radius 2 is 1.62 bits per heavy atom. The van der Waals surface area contributed by atoms with Gasteiger partial charge in [-0.1, -0.05) is 43.7 Å². The molecular weight excluding hydrogens is 408 g/mol. The number of ether oxygens (including phenoxy) is 1. The van der Waals surface area contributed by atoms with Crippen molar-refractivity contribution in [1.29, 1.82) is 0 Å². The Morgan fingerprint density at radius 3 is 2.22 bits per heavy atom. The van der Waals surface area contributed by atoms with E-state index in [-0.39, 0.29) is 36.8 Å². The highest BCUT2D eigenvalue weighted by Crippen LogP contribution is 2.22. The summed E-state index contributed by atoms with van der Waals surface area (Å²) < 4.78 is 5.36. The smallest absolute Gasteiger partial charge is 0.328 e. The van der Waals surface area contributed by atoms with Gasteiger partial charge in [-0.25, -0.2) is 4.79 Å². The molecule has 2 aromatic carbocycles. The highest BCUT2D eigenvalue weighted by molar-refractivity contribution is 6.21. The summed E-state index contributed by atoms with van der Waals surface area (Å²) in [6.07, 6.45) is 1.01. The van der Waals surface area contributed by atoms with E-state index in [9.17, 15) is 19.2 Å². The summed E-state index contributed by atoms with van der Waals surface area (Å²) in [7, 11) is 0. The summed E-state index contributed by atoms with van der Waals surface area (Å²) in [6.45, 7) is 5.98. The van der Waals surface area contributed by atoms with E-state index >= 15 is 0 Å². The number of carbonyl (C=O) groups excluding carboxylic acids is 4. The third-order valence-electron chi connectivity index (χ3n) is 5.39. The van der Waals surface area contributed by atoms with Gasteiger partial charge < -0.3 is 10.1 Å². The van der Waals surface area contributed by atoms with Crippen LogP contribution in [0.15, 0.2) is 48.5 Å². The van der Waals surface area contributed by atoms with E-state index in [0.717, 1.165) is 5.56 Å². The predicted octanol–water partition coefficient (Wildman–Crippen LogP) is 3.37. The maximum absolute atomic E-state index is 12.5. The molecular formula is C25H28N2O5. The normalized spacial score (nSPS) is 13.8. The van der Waals surface area contributed by atoms with Crippen molar-refractivity contribution in [2.75, 3.05) is 13.2 Å². The summed E-state index contributed by atoms with van der Waals surface area (Å²) in [5.41, 5.74) is 2.30. The molecule has 0 unspecified atom stereocenters. The monoisotopic (exact) mass is 436 g/mol. The van der Waals surface area contributed by atoms with Crippen molar-refractivity contribution in [3.05, 3.63) is 70.8 Å². The fraction of sp³-hybridized carbons (Fsp3) is 0.360. The number of amides is 3. The molecule has 32 heavy (non-hydrogen) atoms. The topological polar surface area (TPSA) is 92.8 Å². The molecule has 0 aromatic heterocycles. The maximum atomic E-state index is 12.5. The molecule has 1 aliphatic rings. The molecule has 2 aromatic rings. The standard InChI is InChI=1S/C25H28N2O5/c1-16(2)21(26-22(28)18-10-8-9-17(3)15-18)25(31)32-14-7-6-13-27-23(29)19-11-4-5-12-20(19)24(27)30/h4-5,8-12,15-16,21H,6-7,13-14H2,1-3H3,(H,26,28)/t21-/m0/s1. The fourth-order valence-corrected chi connectivity index (χ4v) is 3.59. The van der Waals surface area contributed by atoms with Gasteiger partial charge in [-0.15, -0.1) is 0 Å². The molecule has 7 heteroatoms. The van der Waals surface area contributed by atoms with Gasteiger partial charge in [0.25, 0.3) is 17.7 Å². The Balaban J connectivity index is 1.45. The third-order valence-corrected chi connectivity index (χ3v) is 5.39. The Morgan fingerprint density at radius 1 is 0.969 bits per heavy atom.